The van der Waals surface area contributed by atoms with Gasteiger partial charge in [0, 0.05) is 12.2 Å². The van der Waals surface area contributed by atoms with Crippen molar-refractivity contribution in [3.8, 4) is 0 Å². The third kappa shape index (κ3) is 6.02. The molecule has 0 saturated carbocycles. The van der Waals surface area contributed by atoms with Crippen molar-refractivity contribution in [2.75, 3.05) is 16.4 Å². The van der Waals surface area contributed by atoms with Gasteiger partial charge in [0.1, 0.15) is 0 Å². The van der Waals surface area contributed by atoms with Gasteiger partial charge in [-0.05, 0) is 23.8 Å². The van der Waals surface area contributed by atoms with Crippen LogP contribution in [0.5, 0.6) is 0 Å². The molecule has 11 heteroatoms. The molecule has 146 valence electrons. The summed E-state index contributed by atoms with van der Waals surface area (Å²) in [6, 6.07) is 15.7. The van der Waals surface area contributed by atoms with E-state index in [1.54, 1.807) is 6.07 Å². The molecule has 0 fully saturated rings. The zero-order valence-corrected chi connectivity index (χ0v) is 17.0. The van der Waals surface area contributed by atoms with Crippen LogP contribution in [0.25, 0.3) is 0 Å². The molecule has 8 nitrogen and oxygen atoms in total. The van der Waals surface area contributed by atoms with E-state index in [0.29, 0.717) is 21.7 Å². The predicted molar refractivity (Wildman–Crippen MR) is 111 cm³/mol. The van der Waals surface area contributed by atoms with Crippen LogP contribution in [0.4, 0.5) is 10.8 Å². The molecule has 0 aliphatic heterocycles. The maximum absolute atomic E-state index is 12.1. The molecule has 4 N–H and O–H groups in total. The zero-order chi connectivity index (χ0) is 20.0. The van der Waals surface area contributed by atoms with Crippen molar-refractivity contribution in [3.05, 3.63) is 60.2 Å². The van der Waals surface area contributed by atoms with Gasteiger partial charge in [-0.3, -0.25) is 4.79 Å². The summed E-state index contributed by atoms with van der Waals surface area (Å²) in [5.41, 5.74) is 1.49. The monoisotopic (exact) mass is 435 g/mol. The number of carbonyl (C=O) groups excluding carboxylic acids is 1. The standard InChI is InChI=1S/C17H17N5O3S3/c18-28(24,25)14-8-4-7-13(9-14)20-15(23)11-26-17-22-21-16(27-17)19-10-12-5-2-1-3-6-12/h1-9H,10-11H2,(H,19,21)(H,20,23)(H2,18,24,25). The summed E-state index contributed by atoms with van der Waals surface area (Å²) in [6.07, 6.45) is 0. The van der Waals surface area contributed by atoms with Crippen molar-refractivity contribution in [1.29, 1.82) is 0 Å². The molecule has 0 aliphatic carbocycles. The summed E-state index contributed by atoms with van der Waals surface area (Å²) in [5, 5.41) is 19.7. The molecule has 2 aromatic carbocycles. The molecule has 1 heterocycles. The highest BCUT2D eigenvalue weighted by molar-refractivity contribution is 8.01. The Bertz CT molecular complexity index is 1050. The van der Waals surface area contributed by atoms with Crippen molar-refractivity contribution < 1.29 is 13.2 Å². The molecule has 0 radical (unpaired) electrons. The Morgan fingerprint density at radius 1 is 1.11 bits per heavy atom. The van der Waals surface area contributed by atoms with Crippen LogP contribution in [-0.2, 0) is 21.4 Å². The van der Waals surface area contributed by atoms with Crippen LogP contribution in [0.2, 0.25) is 0 Å². The molecule has 0 aliphatic rings. The van der Waals surface area contributed by atoms with Crippen LogP contribution in [0, 0.1) is 0 Å². The Morgan fingerprint density at radius 2 is 1.89 bits per heavy atom. The third-order valence-electron chi connectivity index (χ3n) is 3.47. The molecule has 0 unspecified atom stereocenters. The lowest BCUT2D eigenvalue weighted by Gasteiger charge is -2.05. The number of sulfonamides is 1. The highest BCUT2D eigenvalue weighted by Gasteiger charge is 2.11. The lowest BCUT2D eigenvalue weighted by Crippen LogP contribution is -2.16. The smallest absolute Gasteiger partial charge is 0.238 e. The van der Waals surface area contributed by atoms with E-state index in [0.717, 1.165) is 5.56 Å². The second-order valence-corrected chi connectivity index (χ2v) is 9.38. The normalized spacial score (nSPS) is 11.2. The number of primary sulfonamides is 1. The molecule has 0 atom stereocenters. The summed E-state index contributed by atoms with van der Waals surface area (Å²) in [4.78, 5) is 12.0. The van der Waals surface area contributed by atoms with Gasteiger partial charge in [0.2, 0.25) is 21.1 Å². The van der Waals surface area contributed by atoms with E-state index in [4.69, 9.17) is 5.14 Å². The molecule has 3 rings (SSSR count). The fourth-order valence-electron chi connectivity index (χ4n) is 2.19. The number of amides is 1. The average molecular weight is 436 g/mol. The fourth-order valence-corrected chi connectivity index (χ4v) is 4.30. The average Bonchev–Trinajstić information content (AvgIpc) is 3.13. The van der Waals surface area contributed by atoms with E-state index < -0.39 is 10.0 Å². The van der Waals surface area contributed by atoms with E-state index in [1.807, 2.05) is 30.3 Å². The SMILES string of the molecule is NS(=O)(=O)c1cccc(NC(=O)CSc2nnc(NCc3ccccc3)s2)c1. The maximum atomic E-state index is 12.1. The van der Waals surface area contributed by atoms with Crippen LogP contribution in [0.3, 0.4) is 0 Å². The number of benzene rings is 2. The second-order valence-electron chi connectivity index (χ2n) is 5.62. The maximum Gasteiger partial charge on any atom is 0.238 e. The summed E-state index contributed by atoms with van der Waals surface area (Å²) in [5.74, 6) is -0.169. The molecule has 0 saturated heterocycles. The fraction of sp³-hybridized carbons (Fsp3) is 0.118. The largest absolute Gasteiger partial charge is 0.356 e. The van der Waals surface area contributed by atoms with Crippen LogP contribution in [0.1, 0.15) is 5.56 Å². The van der Waals surface area contributed by atoms with Gasteiger partial charge in [-0.25, -0.2) is 13.6 Å². The summed E-state index contributed by atoms with van der Waals surface area (Å²) >= 11 is 2.61. The van der Waals surface area contributed by atoms with Gasteiger partial charge in [-0.1, -0.05) is 59.5 Å². The van der Waals surface area contributed by atoms with Gasteiger partial charge in [0.25, 0.3) is 0 Å². The van der Waals surface area contributed by atoms with Gasteiger partial charge >= 0.3 is 0 Å². The van der Waals surface area contributed by atoms with Gasteiger partial charge in [-0.2, -0.15) is 0 Å². The van der Waals surface area contributed by atoms with E-state index in [1.165, 1.54) is 41.3 Å². The molecule has 0 bridgehead atoms. The van der Waals surface area contributed by atoms with Crippen molar-refractivity contribution >= 4 is 49.8 Å². The van der Waals surface area contributed by atoms with Crippen molar-refractivity contribution in [1.82, 2.24) is 10.2 Å². The first-order valence-corrected chi connectivity index (χ1v) is 11.4. The minimum atomic E-state index is -3.82. The van der Waals surface area contributed by atoms with E-state index in [9.17, 15) is 13.2 Å². The first-order valence-electron chi connectivity index (χ1n) is 8.07. The Morgan fingerprint density at radius 3 is 2.64 bits per heavy atom. The van der Waals surface area contributed by atoms with Crippen LogP contribution in [0.15, 0.2) is 63.8 Å². The second kappa shape index (κ2) is 9.15. The van der Waals surface area contributed by atoms with E-state index in [-0.39, 0.29) is 16.6 Å². The van der Waals surface area contributed by atoms with Crippen LogP contribution >= 0.6 is 23.1 Å². The van der Waals surface area contributed by atoms with Crippen LogP contribution < -0.4 is 15.8 Å². The van der Waals surface area contributed by atoms with E-state index in [2.05, 4.69) is 20.8 Å². The Kier molecular flexibility index (Phi) is 6.62. The number of nitrogens with zero attached hydrogens (tertiary/aromatic N) is 2. The highest BCUT2D eigenvalue weighted by Crippen LogP contribution is 2.26. The molecule has 0 spiro atoms. The van der Waals surface area contributed by atoms with E-state index >= 15 is 0 Å². The number of hydrogen-bond donors (Lipinski definition) is 3. The minimum absolute atomic E-state index is 0.0591. The predicted octanol–water partition coefficient (Wildman–Crippen LogP) is 2.53. The Labute approximate surface area is 170 Å². The number of nitrogens with one attached hydrogen (secondary N) is 2. The lowest BCUT2D eigenvalue weighted by molar-refractivity contribution is -0.113. The molecule has 28 heavy (non-hydrogen) atoms. The highest BCUT2D eigenvalue weighted by atomic mass is 32.2. The van der Waals surface area contributed by atoms with Gasteiger partial charge < -0.3 is 10.6 Å². The molecular weight excluding hydrogens is 418 g/mol. The summed E-state index contributed by atoms with van der Waals surface area (Å²) in [6.45, 7) is 0.640. The number of thioether (sulfide) groups is 1. The third-order valence-corrected chi connectivity index (χ3v) is 6.39. The Hall–Kier alpha value is -2.47. The number of nitrogens with two attached hydrogens (primary N) is 1. The first kappa shape index (κ1) is 20.3. The zero-order valence-electron chi connectivity index (χ0n) is 14.5. The van der Waals surface area contributed by atoms with Crippen molar-refractivity contribution in [2.24, 2.45) is 5.14 Å². The first-order chi connectivity index (χ1) is 13.4. The number of carbonyl (C=O) groups is 1. The number of aromatic nitrogens is 2. The Balaban J connectivity index is 1.49. The summed E-state index contributed by atoms with van der Waals surface area (Å²) in [7, 11) is -3.82. The quantitative estimate of drug-likeness (QED) is 0.464. The number of rotatable bonds is 8. The molecule has 1 aromatic heterocycles. The minimum Gasteiger partial charge on any atom is -0.356 e. The molecular formula is C17H17N5O3S3. The van der Waals surface area contributed by atoms with Gasteiger partial charge in [0.05, 0.1) is 10.6 Å². The number of anilines is 2. The topological polar surface area (TPSA) is 127 Å². The summed E-state index contributed by atoms with van der Waals surface area (Å²) < 4.78 is 23.4. The molecule has 3 aromatic rings. The molecule has 1 amide bonds. The van der Waals surface area contributed by atoms with Crippen molar-refractivity contribution in [3.63, 3.8) is 0 Å². The lowest BCUT2D eigenvalue weighted by atomic mass is 10.2. The number of hydrogen-bond acceptors (Lipinski definition) is 8. The van der Waals surface area contributed by atoms with Crippen molar-refractivity contribution in [2.45, 2.75) is 15.8 Å². The van der Waals surface area contributed by atoms with Gasteiger partial charge in [0.15, 0.2) is 4.34 Å². The van der Waals surface area contributed by atoms with Crippen LogP contribution in [-0.4, -0.2) is 30.3 Å². The van der Waals surface area contributed by atoms with Gasteiger partial charge in [-0.15, -0.1) is 10.2 Å².